The standard InChI is InChI=1S/C20H23N3O3/c1-25-15-3-5-16(6-4-15)26-18-7-2-14(13-22-18)23-19(24)17-12-20(17)8-10-21-11-9-20/h2-7,13,17,21H,8-12H2,1H3,(H,23,24). The number of hydrogen-bond acceptors (Lipinski definition) is 5. The number of methoxy groups -OCH3 is 1. The van der Waals surface area contributed by atoms with Crippen molar-refractivity contribution in [3.63, 3.8) is 0 Å². The van der Waals surface area contributed by atoms with E-state index in [-0.39, 0.29) is 17.2 Å². The van der Waals surface area contributed by atoms with Gasteiger partial charge in [0.25, 0.3) is 0 Å². The molecule has 6 heteroatoms. The Morgan fingerprint density at radius 1 is 1.15 bits per heavy atom. The Balaban J connectivity index is 1.33. The maximum Gasteiger partial charge on any atom is 0.228 e. The summed E-state index contributed by atoms with van der Waals surface area (Å²) in [6, 6.07) is 10.9. The third-order valence-electron chi connectivity index (χ3n) is 5.39. The van der Waals surface area contributed by atoms with Crippen LogP contribution in [0, 0.1) is 11.3 Å². The van der Waals surface area contributed by atoms with Crippen LogP contribution in [0.25, 0.3) is 0 Å². The van der Waals surface area contributed by atoms with Crippen molar-refractivity contribution in [1.29, 1.82) is 0 Å². The predicted molar refractivity (Wildman–Crippen MR) is 98.6 cm³/mol. The number of rotatable bonds is 5. The van der Waals surface area contributed by atoms with Crippen LogP contribution >= 0.6 is 0 Å². The summed E-state index contributed by atoms with van der Waals surface area (Å²) in [4.78, 5) is 16.8. The summed E-state index contributed by atoms with van der Waals surface area (Å²) in [5.41, 5.74) is 0.938. The fourth-order valence-corrected chi connectivity index (χ4v) is 3.70. The molecule has 26 heavy (non-hydrogen) atoms. The smallest absolute Gasteiger partial charge is 0.228 e. The second-order valence-corrected chi connectivity index (χ2v) is 7.02. The zero-order valence-electron chi connectivity index (χ0n) is 14.8. The number of amides is 1. The summed E-state index contributed by atoms with van der Waals surface area (Å²) in [6.45, 7) is 2.03. The molecule has 2 aromatic rings. The molecule has 2 fully saturated rings. The minimum absolute atomic E-state index is 0.109. The monoisotopic (exact) mass is 353 g/mol. The fraction of sp³-hybridized carbons (Fsp3) is 0.400. The second kappa shape index (κ2) is 6.96. The van der Waals surface area contributed by atoms with Gasteiger partial charge in [-0.2, -0.15) is 0 Å². The van der Waals surface area contributed by atoms with Crippen LogP contribution in [-0.2, 0) is 4.79 Å². The molecule has 1 aliphatic heterocycles. The zero-order valence-corrected chi connectivity index (χ0v) is 14.8. The molecule has 1 aliphatic carbocycles. The van der Waals surface area contributed by atoms with Crippen LogP contribution in [0.3, 0.4) is 0 Å². The average Bonchev–Trinajstić information content (AvgIpc) is 3.37. The largest absolute Gasteiger partial charge is 0.497 e. The molecule has 1 unspecified atom stereocenters. The van der Waals surface area contributed by atoms with E-state index in [1.165, 1.54) is 0 Å². The van der Waals surface area contributed by atoms with Gasteiger partial charge in [0.1, 0.15) is 11.5 Å². The summed E-state index contributed by atoms with van der Waals surface area (Å²) in [5, 5.41) is 6.35. The highest BCUT2D eigenvalue weighted by atomic mass is 16.5. The SMILES string of the molecule is COc1ccc(Oc2ccc(NC(=O)C3CC34CCNCC4)cn2)cc1. The van der Waals surface area contributed by atoms with Gasteiger partial charge in [-0.05, 0) is 68.1 Å². The van der Waals surface area contributed by atoms with Crippen molar-refractivity contribution in [3.05, 3.63) is 42.6 Å². The van der Waals surface area contributed by atoms with Gasteiger partial charge in [0, 0.05) is 12.0 Å². The van der Waals surface area contributed by atoms with Crippen LogP contribution in [0.15, 0.2) is 42.6 Å². The average molecular weight is 353 g/mol. The van der Waals surface area contributed by atoms with Crippen LogP contribution in [0.5, 0.6) is 17.4 Å². The Bertz CT molecular complexity index is 768. The van der Waals surface area contributed by atoms with E-state index in [0.29, 0.717) is 17.3 Å². The number of aromatic nitrogens is 1. The number of nitrogens with zero attached hydrogens (tertiary/aromatic N) is 1. The number of benzene rings is 1. The molecule has 0 radical (unpaired) electrons. The number of anilines is 1. The van der Waals surface area contributed by atoms with Crippen LogP contribution in [-0.4, -0.2) is 31.1 Å². The number of pyridine rings is 1. The summed E-state index contributed by atoms with van der Waals surface area (Å²) in [6.07, 6.45) is 4.83. The van der Waals surface area contributed by atoms with Crippen LogP contribution in [0.4, 0.5) is 5.69 Å². The molecular weight excluding hydrogens is 330 g/mol. The van der Waals surface area contributed by atoms with Gasteiger partial charge < -0.3 is 20.1 Å². The van der Waals surface area contributed by atoms with Crippen LogP contribution in [0.2, 0.25) is 0 Å². The van der Waals surface area contributed by atoms with Gasteiger partial charge in [-0.25, -0.2) is 4.98 Å². The van der Waals surface area contributed by atoms with Crippen LogP contribution < -0.4 is 20.1 Å². The van der Waals surface area contributed by atoms with E-state index in [9.17, 15) is 4.79 Å². The van der Waals surface area contributed by atoms with Gasteiger partial charge in [-0.1, -0.05) is 0 Å². The summed E-state index contributed by atoms with van der Waals surface area (Å²) in [7, 11) is 1.62. The molecule has 136 valence electrons. The highest BCUT2D eigenvalue weighted by molar-refractivity contribution is 5.95. The lowest BCUT2D eigenvalue weighted by molar-refractivity contribution is -0.118. The lowest BCUT2D eigenvalue weighted by atomic mass is 9.92. The fourth-order valence-electron chi connectivity index (χ4n) is 3.70. The number of carbonyl (C=O) groups is 1. The maximum atomic E-state index is 12.5. The van der Waals surface area contributed by atoms with Crippen LogP contribution in [0.1, 0.15) is 19.3 Å². The highest BCUT2D eigenvalue weighted by Gasteiger charge is 2.57. The third kappa shape index (κ3) is 3.51. The molecule has 1 saturated heterocycles. The Hall–Kier alpha value is -2.60. The molecule has 1 aromatic carbocycles. The third-order valence-corrected chi connectivity index (χ3v) is 5.39. The van der Waals surface area contributed by atoms with Gasteiger partial charge >= 0.3 is 0 Å². The zero-order chi connectivity index (χ0) is 18.0. The minimum atomic E-state index is 0.109. The second-order valence-electron chi connectivity index (χ2n) is 7.02. The van der Waals surface area contributed by atoms with E-state index in [1.807, 2.05) is 30.3 Å². The Morgan fingerprint density at radius 2 is 1.88 bits per heavy atom. The molecule has 2 aliphatic rings. The van der Waals surface area contributed by atoms with Crippen molar-refractivity contribution in [2.45, 2.75) is 19.3 Å². The van der Waals surface area contributed by atoms with E-state index in [4.69, 9.17) is 9.47 Å². The van der Waals surface area contributed by atoms with Crippen molar-refractivity contribution < 1.29 is 14.3 Å². The first-order valence-corrected chi connectivity index (χ1v) is 8.98. The summed E-state index contributed by atoms with van der Waals surface area (Å²) >= 11 is 0. The molecule has 1 spiro atoms. The molecule has 6 nitrogen and oxygen atoms in total. The van der Waals surface area contributed by atoms with Gasteiger partial charge in [0.05, 0.1) is 19.0 Å². The number of ether oxygens (including phenoxy) is 2. The number of carbonyl (C=O) groups excluding carboxylic acids is 1. The van der Waals surface area contributed by atoms with E-state index in [1.54, 1.807) is 19.4 Å². The number of nitrogens with one attached hydrogen (secondary N) is 2. The topological polar surface area (TPSA) is 72.5 Å². The van der Waals surface area contributed by atoms with Gasteiger partial charge in [-0.3, -0.25) is 4.79 Å². The minimum Gasteiger partial charge on any atom is -0.497 e. The van der Waals surface area contributed by atoms with E-state index >= 15 is 0 Å². The lowest BCUT2D eigenvalue weighted by Crippen LogP contribution is -2.31. The highest BCUT2D eigenvalue weighted by Crippen LogP contribution is 2.58. The Labute approximate surface area is 152 Å². The molecule has 0 bridgehead atoms. The van der Waals surface area contributed by atoms with E-state index < -0.39 is 0 Å². The molecule has 2 N–H and O–H groups in total. The molecule has 1 atom stereocenters. The normalized spacial score (nSPS) is 20.4. The summed E-state index contributed by atoms with van der Waals surface area (Å²) < 4.78 is 10.8. The van der Waals surface area contributed by atoms with Crippen molar-refractivity contribution >= 4 is 11.6 Å². The molecule has 1 aromatic heterocycles. The molecule has 1 saturated carbocycles. The Kier molecular flexibility index (Phi) is 4.51. The van der Waals surface area contributed by atoms with Gasteiger partial charge in [0.15, 0.2) is 0 Å². The van der Waals surface area contributed by atoms with Crippen molar-refractivity contribution in [3.8, 4) is 17.4 Å². The van der Waals surface area contributed by atoms with Crippen molar-refractivity contribution in [2.75, 3.05) is 25.5 Å². The van der Waals surface area contributed by atoms with Crippen molar-refractivity contribution in [2.24, 2.45) is 11.3 Å². The molecule has 1 amide bonds. The van der Waals surface area contributed by atoms with E-state index in [2.05, 4.69) is 15.6 Å². The molecule has 4 rings (SSSR count). The maximum absolute atomic E-state index is 12.5. The molecular formula is C20H23N3O3. The van der Waals surface area contributed by atoms with E-state index in [0.717, 1.165) is 38.1 Å². The Morgan fingerprint density at radius 3 is 2.54 bits per heavy atom. The first-order valence-electron chi connectivity index (χ1n) is 8.98. The predicted octanol–water partition coefficient (Wildman–Crippen LogP) is 3.21. The first kappa shape index (κ1) is 16.8. The summed E-state index contributed by atoms with van der Waals surface area (Å²) in [5.74, 6) is 2.18. The van der Waals surface area contributed by atoms with Crippen molar-refractivity contribution in [1.82, 2.24) is 10.3 Å². The first-order chi connectivity index (χ1) is 12.7. The van der Waals surface area contributed by atoms with Gasteiger partial charge in [0.2, 0.25) is 11.8 Å². The molecule has 2 heterocycles. The van der Waals surface area contributed by atoms with Gasteiger partial charge in [-0.15, -0.1) is 0 Å². The number of piperidine rings is 1. The lowest BCUT2D eigenvalue weighted by Gasteiger charge is -2.23. The quantitative estimate of drug-likeness (QED) is 0.864. The number of hydrogen-bond donors (Lipinski definition) is 2.